The van der Waals surface area contributed by atoms with Crippen LogP contribution in [-0.4, -0.2) is 64.2 Å². The summed E-state index contributed by atoms with van der Waals surface area (Å²) in [5.41, 5.74) is 2.59. The first-order chi connectivity index (χ1) is 12.1. The Morgan fingerprint density at radius 2 is 2.15 bits per heavy atom. The van der Waals surface area contributed by atoms with Crippen molar-refractivity contribution in [3.05, 3.63) is 29.8 Å². The molecule has 1 fully saturated rings. The van der Waals surface area contributed by atoms with E-state index in [4.69, 9.17) is 0 Å². The van der Waals surface area contributed by atoms with Crippen molar-refractivity contribution in [3.8, 4) is 0 Å². The molecule has 1 aliphatic rings. The van der Waals surface area contributed by atoms with Crippen LogP contribution < -0.4 is 15.5 Å². The minimum atomic E-state index is 0. The van der Waals surface area contributed by atoms with E-state index in [9.17, 15) is 0 Å². The molecule has 1 unspecified atom stereocenters. The Hall–Kier alpha value is -1.02. The molecule has 1 atom stereocenters. The summed E-state index contributed by atoms with van der Waals surface area (Å²) >= 11 is 0. The number of hydrogen-bond acceptors (Lipinski definition) is 3. The van der Waals surface area contributed by atoms with Crippen LogP contribution in [0.1, 0.15) is 25.3 Å². The second-order valence-electron chi connectivity index (χ2n) is 7.07. The average molecular weight is 473 g/mol. The zero-order valence-electron chi connectivity index (χ0n) is 16.8. The molecule has 0 aromatic heterocycles. The van der Waals surface area contributed by atoms with Gasteiger partial charge in [-0.2, -0.15) is 0 Å². The van der Waals surface area contributed by atoms with Crippen LogP contribution in [0.15, 0.2) is 29.3 Å². The quantitative estimate of drug-likeness (QED) is 0.363. The van der Waals surface area contributed by atoms with Crippen molar-refractivity contribution in [1.82, 2.24) is 15.5 Å². The third kappa shape index (κ3) is 7.70. The molecule has 1 aromatic rings. The van der Waals surface area contributed by atoms with Crippen molar-refractivity contribution < 1.29 is 0 Å². The highest BCUT2D eigenvalue weighted by Crippen LogP contribution is 2.15. The van der Waals surface area contributed by atoms with E-state index < -0.39 is 0 Å². The molecule has 5 nitrogen and oxygen atoms in total. The molecule has 0 bridgehead atoms. The van der Waals surface area contributed by atoms with Crippen LogP contribution >= 0.6 is 24.0 Å². The number of guanidine groups is 1. The molecular weight excluding hydrogens is 437 g/mol. The van der Waals surface area contributed by atoms with Crippen LogP contribution in [0.5, 0.6) is 0 Å². The number of hydrogen-bond donors (Lipinski definition) is 2. The van der Waals surface area contributed by atoms with Gasteiger partial charge in [-0.05, 0) is 63.9 Å². The minimum Gasteiger partial charge on any atom is -0.370 e. The average Bonchev–Trinajstić information content (AvgIpc) is 2.61. The van der Waals surface area contributed by atoms with Gasteiger partial charge in [0.15, 0.2) is 5.96 Å². The van der Waals surface area contributed by atoms with Gasteiger partial charge >= 0.3 is 0 Å². The Morgan fingerprint density at radius 1 is 1.35 bits per heavy atom. The van der Waals surface area contributed by atoms with E-state index >= 15 is 0 Å². The predicted molar refractivity (Wildman–Crippen MR) is 124 cm³/mol. The second-order valence-corrected chi connectivity index (χ2v) is 7.07. The van der Waals surface area contributed by atoms with E-state index in [1.54, 1.807) is 0 Å². The van der Waals surface area contributed by atoms with Crippen LogP contribution in [0, 0.1) is 12.8 Å². The maximum atomic E-state index is 4.36. The third-order valence-corrected chi connectivity index (χ3v) is 4.93. The molecule has 0 radical (unpaired) electrons. The first-order valence-electron chi connectivity index (χ1n) is 9.57. The highest BCUT2D eigenvalue weighted by molar-refractivity contribution is 14.0. The number of aliphatic imine (C=N–C) groups is 1. The summed E-state index contributed by atoms with van der Waals surface area (Å²) in [7, 11) is 4.06. The van der Waals surface area contributed by atoms with Gasteiger partial charge in [-0.1, -0.05) is 12.1 Å². The molecule has 6 heteroatoms. The third-order valence-electron chi connectivity index (χ3n) is 4.93. The molecular formula is C20H36IN5. The van der Waals surface area contributed by atoms with Gasteiger partial charge in [0.25, 0.3) is 0 Å². The summed E-state index contributed by atoms with van der Waals surface area (Å²) < 4.78 is 0. The number of likely N-dealkylation sites (N-methyl/N-ethyl adjacent to an activating group) is 1. The SMILES string of the molecule is CCN(CCNC(=NC)NCC1CCCN(C)C1)c1cccc(C)c1.I. The van der Waals surface area contributed by atoms with Crippen molar-refractivity contribution >= 4 is 35.6 Å². The summed E-state index contributed by atoms with van der Waals surface area (Å²) in [5, 5.41) is 6.95. The monoisotopic (exact) mass is 473 g/mol. The van der Waals surface area contributed by atoms with Gasteiger partial charge in [-0.3, -0.25) is 4.99 Å². The summed E-state index contributed by atoms with van der Waals surface area (Å²) in [6, 6.07) is 8.70. The smallest absolute Gasteiger partial charge is 0.191 e. The molecule has 0 saturated carbocycles. The number of rotatable bonds is 7. The van der Waals surface area contributed by atoms with E-state index in [1.165, 1.54) is 37.2 Å². The summed E-state index contributed by atoms with van der Waals surface area (Å²) in [6.07, 6.45) is 2.61. The second kappa shape index (κ2) is 12.4. The Kier molecular flexibility index (Phi) is 11.0. The Labute approximate surface area is 176 Å². The van der Waals surface area contributed by atoms with Crippen molar-refractivity contribution in [2.75, 3.05) is 58.3 Å². The maximum Gasteiger partial charge on any atom is 0.191 e. The largest absolute Gasteiger partial charge is 0.370 e. The molecule has 148 valence electrons. The number of nitrogens with one attached hydrogen (secondary N) is 2. The van der Waals surface area contributed by atoms with Gasteiger partial charge < -0.3 is 20.4 Å². The molecule has 2 rings (SSSR count). The van der Waals surface area contributed by atoms with Crippen LogP contribution in [-0.2, 0) is 0 Å². The van der Waals surface area contributed by atoms with Crippen molar-refractivity contribution in [1.29, 1.82) is 0 Å². The van der Waals surface area contributed by atoms with E-state index in [0.717, 1.165) is 38.1 Å². The molecule has 1 heterocycles. The number of anilines is 1. The standard InChI is InChI=1S/C20H35N5.HI/c1-5-25(19-10-6-8-17(2)14-19)13-11-22-20(21-3)23-15-18-9-7-12-24(4)16-18;/h6,8,10,14,18H,5,7,9,11-13,15-16H2,1-4H3,(H2,21,22,23);1H. The number of aryl methyl sites for hydroxylation is 1. The summed E-state index contributed by atoms with van der Waals surface area (Å²) in [6.45, 7) is 10.6. The molecule has 1 aromatic carbocycles. The van der Waals surface area contributed by atoms with Gasteiger partial charge in [-0.15, -0.1) is 24.0 Å². The van der Waals surface area contributed by atoms with Crippen molar-refractivity contribution in [2.24, 2.45) is 10.9 Å². The molecule has 26 heavy (non-hydrogen) atoms. The zero-order valence-corrected chi connectivity index (χ0v) is 19.1. The number of halogens is 1. The normalized spacial score (nSPS) is 18.2. The fourth-order valence-corrected chi connectivity index (χ4v) is 3.51. The Morgan fingerprint density at radius 3 is 2.81 bits per heavy atom. The van der Waals surface area contributed by atoms with Crippen molar-refractivity contribution in [3.63, 3.8) is 0 Å². The van der Waals surface area contributed by atoms with Gasteiger partial charge in [0, 0.05) is 45.5 Å². The highest BCUT2D eigenvalue weighted by Gasteiger charge is 2.17. The lowest BCUT2D eigenvalue weighted by Crippen LogP contribution is -2.45. The van der Waals surface area contributed by atoms with Crippen LogP contribution in [0.3, 0.4) is 0 Å². The van der Waals surface area contributed by atoms with Crippen molar-refractivity contribution in [2.45, 2.75) is 26.7 Å². The van der Waals surface area contributed by atoms with Gasteiger partial charge in [0.05, 0.1) is 0 Å². The van der Waals surface area contributed by atoms with E-state index in [1.807, 2.05) is 7.05 Å². The zero-order chi connectivity index (χ0) is 18.1. The van der Waals surface area contributed by atoms with Crippen LogP contribution in [0.2, 0.25) is 0 Å². The van der Waals surface area contributed by atoms with Gasteiger partial charge in [0.1, 0.15) is 0 Å². The molecule has 0 spiro atoms. The lowest BCUT2D eigenvalue weighted by Gasteiger charge is -2.30. The van der Waals surface area contributed by atoms with Crippen LogP contribution in [0.25, 0.3) is 0 Å². The first-order valence-corrected chi connectivity index (χ1v) is 9.57. The van der Waals surface area contributed by atoms with E-state index in [2.05, 4.69) is 70.6 Å². The van der Waals surface area contributed by atoms with E-state index in [0.29, 0.717) is 0 Å². The maximum absolute atomic E-state index is 4.36. The molecule has 0 aliphatic carbocycles. The summed E-state index contributed by atoms with van der Waals surface area (Å²) in [5.74, 6) is 1.63. The number of likely N-dealkylation sites (tertiary alicyclic amines) is 1. The molecule has 1 saturated heterocycles. The van der Waals surface area contributed by atoms with Gasteiger partial charge in [0.2, 0.25) is 0 Å². The minimum absolute atomic E-state index is 0. The van der Waals surface area contributed by atoms with Gasteiger partial charge in [-0.25, -0.2) is 0 Å². The molecule has 1 aliphatic heterocycles. The number of nitrogens with zero attached hydrogens (tertiary/aromatic N) is 3. The predicted octanol–water partition coefficient (Wildman–Crippen LogP) is 2.95. The fraction of sp³-hybridized carbons (Fsp3) is 0.650. The Balaban J connectivity index is 0.00000338. The first kappa shape index (κ1) is 23.0. The molecule has 0 amide bonds. The lowest BCUT2D eigenvalue weighted by molar-refractivity contribution is 0.210. The lowest BCUT2D eigenvalue weighted by atomic mass is 9.99. The number of benzene rings is 1. The topological polar surface area (TPSA) is 42.9 Å². The molecule has 2 N–H and O–H groups in total. The fourth-order valence-electron chi connectivity index (χ4n) is 3.51. The summed E-state index contributed by atoms with van der Waals surface area (Å²) in [4.78, 5) is 9.18. The highest BCUT2D eigenvalue weighted by atomic mass is 127. The van der Waals surface area contributed by atoms with E-state index in [-0.39, 0.29) is 24.0 Å². The Bertz CT molecular complexity index is 549. The number of piperidine rings is 1. The van der Waals surface area contributed by atoms with Crippen LogP contribution in [0.4, 0.5) is 5.69 Å².